The summed E-state index contributed by atoms with van der Waals surface area (Å²) in [6, 6.07) is 18.7. The molecule has 2 amide bonds. The molecule has 33 heavy (non-hydrogen) atoms. The number of fused-ring (bicyclic) bond motifs is 1. The molecule has 0 aliphatic carbocycles. The number of nitrogens with one attached hydrogen (secondary N) is 1. The van der Waals surface area contributed by atoms with Crippen LogP contribution in [0.3, 0.4) is 0 Å². The first-order valence-electron chi connectivity index (χ1n) is 10.9. The van der Waals surface area contributed by atoms with Crippen LogP contribution in [0.15, 0.2) is 84.3 Å². The monoisotopic (exact) mass is 457 g/mol. The summed E-state index contributed by atoms with van der Waals surface area (Å²) in [5, 5.41) is 3.73. The molecule has 0 saturated carbocycles. The Morgan fingerprint density at radius 2 is 1.76 bits per heavy atom. The maximum Gasteiger partial charge on any atom is 0.247 e. The molecule has 0 spiro atoms. The largest absolute Gasteiger partial charge is 0.330 e. The van der Waals surface area contributed by atoms with E-state index in [1.54, 1.807) is 11.1 Å². The van der Waals surface area contributed by atoms with Crippen molar-refractivity contribution in [2.75, 3.05) is 17.6 Å². The maximum atomic E-state index is 13.1. The van der Waals surface area contributed by atoms with E-state index in [0.717, 1.165) is 28.8 Å². The van der Waals surface area contributed by atoms with Crippen LogP contribution in [0.1, 0.15) is 12.8 Å². The van der Waals surface area contributed by atoms with Gasteiger partial charge in [0.05, 0.1) is 34.4 Å². The normalized spacial score (nSPS) is 15.6. The minimum atomic E-state index is -0.474. The molecule has 5 rings (SSSR count). The summed E-state index contributed by atoms with van der Waals surface area (Å²) in [5.41, 5.74) is 3.23. The Labute approximate surface area is 195 Å². The minimum absolute atomic E-state index is 0.0636. The van der Waals surface area contributed by atoms with Gasteiger partial charge in [-0.15, -0.1) is 0 Å². The fourth-order valence-electron chi connectivity index (χ4n) is 4.08. The second-order valence-electron chi connectivity index (χ2n) is 7.83. The Hall–Kier alpha value is -3.65. The van der Waals surface area contributed by atoms with Gasteiger partial charge in [0.1, 0.15) is 11.1 Å². The summed E-state index contributed by atoms with van der Waals surface area (Å²) in [6.07, 6.45) is 7.02. The number of amides is 2. The third-order valence-electron chi connectivity index (χ3n) is 5.69. The lowest BCUT2D eigenvalue weighted by atomic mass is 10.2. The smallest absolute Gasteiger partial charge is 0.247 e. The molecule has 0 unspecified atom stereocenters. The highest BCUT2D eigenvalue weighted by Gasteiger charge is 2.34. The predicted octanol–water partition coefficient (Wildman–Crippen LogP) is 4.14. The van der Waals surface area contributed by atoms with Crippen molar-refractivity contribution in [3.05, 3.63) is 79.3 Å². The molecule has 1 atom stereocenters. The third kappa shape index (κ3) is 4.61. The number of nitrogens with zero attached hydrogens (tertiary/aromatic N) is 4. The van der Waals surface area contributed by atoms with E-state index in [1.165, 1.54) is 11.8 Å². The predicted molar refractivity (Wildman–Crippen MR) is 129 cm³/mol. The lowest BCUT2D eigenvalue weighted by molar-refractivity contribution is -0.134. The Morgan fingerprint density at radius 3 is 2.61 bits per heavy atom. The van der Waals surface area contributed by atoms with Crippen molar-refractivity contribution in [3.8, 4) is 5.69 Å². The molecule has 3 heterocycles. The lowest BCUT2D eigenvalue weighted by Gasteiger charge is -2.24. The molecule has 7 nitrogen and oxygen atoms in total. The molecule has 0 bridgehead atoms. The molecule has 8 heteroatoms. The number of thioether (sulfide) groups is 1. The van der Waals surface area contributed by atoms with Crippen molar-refractivity contribution >= 4 is 40.3 Å². The van der Waals surface area contributed by atoms with Crippen LogP contribution in [0.25, 0.3) is 16.7 Å². The molecule has 1 fully saturated rings. The van der Waals surface area contributed by atoms with Crippen LogP contribution in [0.2, 0.25) is 0 Å². The van der Waals surface area contributed by atoms with Crippen LogP contribution in [0, 0.1) is 0 Å². The van der Waals surface area contributed by atoms with Crippen molar-refractivity contribution in [3.63, 3.8) is 0 Å². The van der Waals surface area contributed by atoms with Gasteiger partial charge in [-0.1, -0.05) is 36.0 Å². The highest BCUT2D eigenvalue weighted by atomic mass is 32.2. The summed E-state index contributed by atoms with van der Waals surface area (Å²) in [5.74, 6) is -0.00113. The summed E-state index contributed by atoms with van der Waals surface area (Å²) in [7, 11) is 0. The molecular weight excluding hydrogens is 434 g/mol. The van der Waals surface area contributed by atoms with Gasteiger partial charge in [-0.2, -0.15) is 0 Å². The van der Waals surface area contributed by atoms with Crippen LogP contribution in [0.4, 0.5) is 5.69 Å². The average Bonchev–Trinajstić information content (AvgIpc) is 3.55. The molecule has 166 valence electrons. The van der Waals surface area contributed by atoms with Gasteiger partial charge in [-0.25, -0.2) is 4.98 Å². The molecule has 4 aromatic rings. The maximum absolute atomic E-state index is 13.1. The topological polar surface area (TPSA) is 80.1 Å². The zero-order valence-electron chi connectivity index (χ0n) is 17.9. The first kappa shape index (κ1) is 21.2. The second kappa shape index (κ2) is 9.46. The van der Waals surface area contributed by atoms with Crippen LogP contribution in [-0.2, 0) is 9.59 Å². The number of anilines is 1. The molecular formula is C25H23N5O2S. The Morgan fingerprint density at radius 1 is 1.00 bits per heavy atom. The SMILES string of the molecule is O=C(Nc1ccccc1-n1cccc1)[C@@H]1CCCN1C(=O)CSc1cnc2ccccc2n1. The summed E-state index contributed by atoms with van der Waals surface area (Å²) in [6.45, 7) is 0.583. The van der Waals surface area contributed by atoms with E-state index in [4.69, 9.17) is 0 Å². The van der Waals surface area contributed by atoms with Gasteiger partial charge in [0.25, 0.3) is 0 Å². The molecule has 1 aliphatic heterocycles. The van der Waals surface area contributed by atoms with E-state index in [-0.39, 0.29) is 17.6 Å². The highest BCUT2D eigenvalue weighted by molar-refractivity contribution is 7.99. The molecule has 1 saturated heterocycles. The molecule has 1 N–H and O–H groups in total. The lowest BCUT2D eigenvalue weighted by Crippen LogP contribution is -2.44. The van der Waals surface area contributed by atoms with E-state index < -0.39 is 6.04 Å². The van der Waals surface area contributed by atoms with Gasteiger partial charge in [-0.3, -0.25) is 14.6 Å². The van der Waals surface area contributed by atoms with Crippen molar-refractivity contribution in [1.82, 2.24) is 19.4 Å². The number of carbonyl (C=O) groups excluding carboxylic acids is 2. The number of para-hydroxylation sites is 4. The first-order valence-corrected chi connectivity index (χ1v) is 11.8. The number of hydrogen-bond donors (Lipinski definition) is 1. The van der Waals surface area contributed by atoms with Gasteiger partial charge in [0.15, 0.2) is 0 Å². The molecule has 2 aromatic heterocycles. The van der Waals surface area contributed by atoms with Crippen molar-refractivity contribution in [2.24, 2.45) is 0 Å². The van der Waals surface area contributed by atoms with E-state index in [2.05, 4.69) is 15.3 Å². The summed E-state index contributed by atoms with van der Waals surface area (Å²) < 4.78 is 1.95. The van der Waals surface area contributed by atoms with Gasteiger partial charge < -0.3 is 14.8 Å². The standard InChI is InChI=1S/C25H23N5O2S/c31-24(17-33-23-16-26-18-8-1-2-9-19(18)27-23)30-15-7-12-22(30)25(32)28-20-10-3-4-11-21(20)29-13-5-6-14-29/h1-6,8-11,13-14,16,22H,7,12,15,17H2,(H,28,32)/t22-/m0/s1. The Bertz CT molecular complexity index is 1290. The van der Waals surface area contributed by atoms with Gasteiger partial charge in [0, 0.05) is 18.9 Å². The van der Waals surface area contributed by atoms with Crippen LogP contribution >= 0.6 is 11.8 Å². The highest BCUT2D eigenvalue weighted by Crippen LogP contribution is 2.25. The number of rotatable bonds is 6. The van der Waals surface area contributed by atoms with Crippen LogP contribution in [0.5, 0.6) is 0 Å². The third-order valence-corrected chi connectivity index (χ3v) is 6.57. The Kier molecular flexibility index (Phi) is 6.08. The Balaban J connectivity index is 1.25. The quantitative estimate of drug-likeness (QED) is 0.440. The summed E-state index contributed by atoms with van der Waals surface area (Å²) in [4.78, 5) is 36.8. The second-order valence-corrected chi connectivity index (χ2v) is 8.82. The average molecular weight is 458 g/mol. The zero-order valence-corrected chi connectivity index (χ0v) is 18.7. The fraction of sp³-hybridized carbons (Fsp3) is 0.200. The zero-order chi connectivity index (χ0) is 22.6. The van der Waals surface area contributed by atoms with E-state index in [9.17, 15) is 9.59 Å². The number of benzene rings is 2. The van der Waals surface area contributed by atoms with E-state index in [1.807, 2.05) is 77.6 Å². The van der Waals surface area contributed by atoms with Gasteiger partial charge in [0.2, 0.25) is 11.8 Å². The van der Waals surface area contributed by atoms with E-state index in [0.29, 0.717) is 18.0 Å². The number of hydrogen-bond acceptors (Lipinski definition) is 5. The fourth-order valence-corrected chi connectivity index (χ4v) is 4.81. The first-order chi connectivity index (χ1) is 16.2. The van der Waals surface area contributed by atoms with Crippen LogP contribution in [-0.4, -0.2) is 49.6 Å². The minimum Gasteiger partial charge on any atom is -0.330 e. The van der Waals surface area contributed by atoms with Crippen LogP contribution < -0.4 is 5.32 Å². The van der Waals surface area contributed by atoms with Crippen molar-refractivity contribution < 1.29 is 9.59 Å². The number of carbonyl (C=O) groups is 2. The molecule has 0 radical (unpaired) electrons. The van der Waals surface area contributed by atoms with Crippen molar-refractivity contribution in [1.29, 1.82) is 0 Å². The van der Waals surface area contributed by atoms with E-state index >= 15 is 0 Å². The van der Waals surface area contributed by atoms with Crippen molar-refractivity contribution in [2.45, 2.75) is 23.9 Å². The molecule has 2 aromatic carbocycles. The van der Waals surface area contributed by atoms with Gasteiger partial charge >= 0.3 is 0 Å². The molecule has 1 aliphatic rings. The number of aromatic nitrogens is 3. The van der Waals surface area contributed by atoms with Gasteiger partial charge in [-0.05, 0) is 49.2 Å². The summed E-state index contributed by atoms with van der Waals surface area (Å²) >= 11 is 1.35. The number of likely N-dealkylation sites (tertiary alicyclic amines) is 1.